The van der Waals surface area contributed by atoms with Gasteiger partial charge < -0.3 is 10.6 Å². The third-order valence-corrected chi connectivity index (χ3v) is 4.64. The van der Waals surface area contributed by atoms with Gasteiger partial charge in [-0.25, -0.2) is 12.8 Å². The van der Waals surface area contributed by atoms with Crippen LogP contribution < -0.4 is 10.6 Å². The Bertz CT molecular complexity index is 879. The van der Waals surface area contributed by atoms with Gasteiger partial charge in [0.05, 0.1) is 11.4 Å². The van der Waals surface area contributed by atoms with Gasteiger partial charge in [-0.2, -0.15) is 0 Å². The van der Waals surface area contributed by atoms with Crippen LogP contribution in [-0.2, 0) is 14.6 Å². The van der Waals surface area contributed by atoms with E-state index in [2.05, 4.69) is 10.6 Å². The van der Waals surface area contributed by atoms with Gasteiger partial charge >= 0.3 is 0 Å². The second-order valence-electron chi connectivity index (χ2n) is 5.61. The van der Waals surface area contributed by atoms with Crippen molar-refractivity contribution in [2.24, 2.45) is 0 Å². The molecule has 0 radical (unpaired) electrons. The molecule has 0 heterocycles. The summed E-state index contributed by atoms with van der Waals surface area (Å²) in [7, 11) is -3.32. The van der Waals surface area contributed by atoms with E-state index in [9.17, 15) is 17.6 Å². The molecule has 2 aromatic rings. The van der Waals surface area contributed by atoms with E-state index in [0.29, 0.717) is 16.9 Å². The third-order valence-electron chi connectivity index (χ3n) is 3.53. The average Bonchev–Trinajstić information content (AvgIpc) is 2.49. The Morgan fingerprint density at radius 3 is 2.38 bits per heavy atom. The highest BCUT2D eigenvalue weighted by Crippen LogP contribution is 2.20. The zero-order valence-electron chi connectivity index (χ0n) is 13.7. The molecule has 0 spiro atoms. The van der Waals surface area contributed by atoms with Crippen molar-refractivity contribution in [3.05, 3.63) is 53.3 Å². The van der Waals surface area contributed by atoms with Gasteiger partial charge in [-0.15, -0.1) is 0 Å². The molecule has 0 aliphatic rings. The molecule has 128 valence electrons. The minimum atomic E-state index is -3.32. The maximum Gasteiger partial charge on any atom is 0.243 e. The van der Waals surface area contributed by atoms with E-state index >= 15 is 0 Å². The molecule has 0 unspecified atom stereocenters. The normalized spacial score (nSPS) is 11.2. The van der Waals surface area contributed by atoms with Crippen LogP contribution in [0.2, 0.25) is 0 Å². The monoisotopic (exact) mass is 350 g/mol. The van der Waals surface area contributed by atoms with Gasteiger partial charge in [0.25, 0.3) is 0 Å². The zero-order chi connectivity index (χ0) is 17.9. The average molecular weight is 350 g/mol. The molecule has 2 aromatic carbocycles. The van der Waals surface area contributed by atoms with Crippen molar-refractivity contribution in [1.82, 2.24) is 0 Å². The Kier molecular flexibility index (Phi) is 5.23. The molecule has 0 aliphatic carbocycles. The van der Waals surface area contributed by atoms with Gasteiger partial charge in [-0.1, -0.05) is 12.1 Å². The number of hydrogen-bond donors (Lipinski definition) is 2. The number of halogens is 1. The van der Waals surface area contributed by atoms with E-state index in [1.54, 1.807) is 25.1 Å². The molecule has 2 rings (SSSR count). The van der Waals surface area contributed by atoms with Crippen LogP contribution in [0.4, 0.5) is 15.8 Å². The Labute approximate surface area is 140 Å². The van der Waals surface area contributed by atoms with Gasteiger partial charge in [-0.05, 0) is 49.2 Å². The topological polar surface area (TPSA) is 75.3 Å². The molecule has 7 heteroatoms. The fourth-order valence-electron chi connectivity index (χ4n) is 2.07. The van der Waals surface area contributed by atoms with E-state index in [1.165, 1.54) is 18.2 Å². The van der Waals surface area contributed by atoms with Crippen LogP contribution >= 0.6 is 0 Å². The summed E-state index contributed by atoms with van der Waals surface area (Å²) in [6, 6.07) is 9.13. The standard InChI is InChI=1S/C17H19FN2O3S/c1-11-4-6-13(8-15(11)18)20-17(21)10-19-16-9-14(24(3,22)23)7-5-12(16)2/h4-9,19H,10H2,1-3H3,(H,20,21). The first-order valence-electron chi connectivity index (χ1n) is 7.27. The number of anilines is 2. The Morgan fingerprint density at radius 1 is 1.08 bits per heavy atom. The van der Waals surface area contributed by atoms with Crippen LogP contribution in [-0.4, -0.2) is 27.1 Å². The molecule has 0 aromatic heterocycles. The van der Waals surface area contributed by atoms with Gasteiger partial charge in [-0.3, -0.25) is 4.79 Å². The molecule has 0 aliphatic heterocycles. The van der Waals surface area contributed by atoms with Crippen molar-refractivity contribution in [2.75, 3.05) is 23.4 Å². The SMILES string of the molecule is Cc1ccc(NC(=O)CNc2cc(S(C)(=O)=O)ccc2C)cc1F. The fourth-order valence-corrected chi connectivity index (χ4v) is 2.72. The predicted octanol–water partition coefficient (Wildman–Crippen LogP) is 2.90. The van der Waals surface area contributed by atoms with Crippen LogP contribution in [0.5, 0.6) is 0 Å². The van der Waals surface area contributed by atoms with Crippen molar-refractivity contribution < 1.29 is 17.6 Å². The summed E-state index contributed by atoms with van der Waals surface area (Å²) in [6.07, 6.45) is 1.13. The fraction of sp³-hybridized carbons (Fsp3) is 0.235. The summed E-state index contributed by atoms with van der Waals surface area (Å²) in [5.41, 5.74) is 2.24. The van der Waals surface area contributed by atoms with Gasteiger partial charge in [0.2, 0.25) is 5.91 Å². The molecule has 2 N–H and O–H groups in total. The third kappa shape index (κ3) is 4.55. The van der Waals surface area contributed by atoms with Crippen LogP contribution in [0.3, 0.4) is 0 Å². The summed E-state index contributed by atoms with van der Waals surface area (Å²) < 4.78 is 36.7. The smallest absolute Gasteiger partial charge is 0.243 e. The van der Waals surface area contributed by atoms with Gasteiger partial charge in [0.15, 0.2) is 9.84 Å². The highest BCUT2D eigenvalue weighted by atomic mass is 32.2. The first kappa shape index (κ1) is 17.9. The molecule has 0 saturated heterocycles. The highest BCUT2D eigenvalue weighted by molar-refractivity contribution is 7.90. The minimum Gasteiger partial charge on any atom is -0.376 e. The van der Waals surface area contributed by atoms with Crippen LogP contribution in [0, 0.1) is 19.7 Å². The Balaban J connectivity index is 2.05. The van der Waals surface area contributed by atoms with E-state index in [0.717, 1.165) is 11.8 Å². The van der Waals surface area contributed by atoms with Crippen molar-refractivity contribution in [3.8, 4) is 0 Å². The summed E-state index contributed by atoms with van der Waals surface area (Å²) in [6.45, 7) is 3.38. The lowest BCUT2D eigenvalue weighted by Gasteiger charge is -2.11. The second kappa shape index (κ2) is 7.00. The Morgan fingerprint density at radius 2 is 1.75 bits per heavy atom. The number of carbonyl (C=O) groups is 1. The molecule has 5 nitrogen and oxygen atoms in total. The Hall–Kier alpha value is -2.41. The molecular formula is C17H19FN2O3S. The number of sulfone groups is 1. The van der Waals surface area contributed by atoms with Crippen molar-refractivity contribution in [2.45, 2.75) is 18.7 Å². The number of benzene rings is 2. The number of hydrogen-bond acceptors (Lipinski definition) is 4. The summed E-state index contributed by atoms with van der Waals surface area (Å²) in [4.78, 5) is 12.1. The summed E-state index contributed by atoms with van der Waals surface area (Å²) in [5.74, 6) is -0.750. The zero-order valence-corrected chi connectivity index (χ0v) is 14.5. The molecule has 1 amide bonds. The number of amides is 1. The molecule has 0 atom stereocenters. The quantitative estimate of drug-likeness (QED) is 0.869. The lowest BCUT2D eigenvalue weighted by Crippen LogP contribution is -2.22. The lowest BCUT2D eigenvalue weighted by atomic mass is 10.2. The minimum absolute atomic E-state index is 0.0659. The lowest BCUT2D eigenvalue weighted by molar-refractivity contribution is -0.114. The molecule has 0 saturated carbocycles. The highest BCUT2D eigenvalue weighted by Gasteiger charge is 2.10. The molecule has 0 bridgehead atoms. The maximum atomic E-state index is 13.5. The molecule has 24 heavy (non-hydrogen) atoms. The second-order valence-corrected chi connectivity index (χ2v) is 7.63. The van der Waals surface area contributed by atoms with Crippen LogP contribution in [0.25, 0.3) is 0 Å². The van der Waals surface area contributed by atoms with E-state index in [1.807, 2.05) is 6.92 Å². The van der Waals surface area contributed by atoms with Gasteiger partial charge in [0.1, 0.15) is 5.82 Å². The van der Waals surface area contributed by atoms with E-state index in [4.69, 9.17) is 0 Å². The van der Waals surface area contributed by atoms with Crippen molar-refractivity contribution >= 4 is 27.1 Å². The number of carbonyl (C=O) groups excluding carboxylic acids is 1. The van der Waals surface area contributed by atoms with Gasteiger partial charge in [0, 0.05) is 17.6 Å². The van der Waals surface area contributed by atoms with Crippen LogP contribution in [0.15, 0.2) is 41.3 Å². The van der Waals surface area contributed by atoms with Crippen molar-refractivity contribution in [1.29, 1.82) is 0 Å². The first-order chi connectivity index (χ1) is 11.2. The van der Waals surface area contributed by atoms with Crippen molar-refractivity contribution in [3.63, 3.8) is 0 Å². The number of nitrogens with one attached hydrogen (secondary N) is 2. The number of rotatable bonds is 5. The first-order valence-corrected chi connectivity index (χ1v) is 9.16. The van der Waals surface area contributed by atoms with E-state index < -0.39 is 15.7 Å². The van der Waals surface area contributed by atoms with E-state index in [-0.39, 0.29) is 17.3 Å². The summed E-state index contributed by atoms with van der Waals surface area (Å²) >= 11 is 0. The van der Waals surface area contributed by atoms with Crippen LogP contribution in [0.1, 0.15) is 11.1 Å². The molecular weight excluding hydrogens is 331 g/mol. The summed E-state index contributed by atoms with van der Waals surface area (Å²) in [5, 5.41) is 5.49. The maximum absolute atomic E-state index is 13.5. The predicted molar refractivity (Wildman–Crippen MR) is 92.5 cm³/mol. The molecule has 0 fully saturated rings. The number of aryl methyl sites for hydroxylation is 2. The largest absolute Gasteiger partial charge is 0.376 e.